The van der Waals surface area contributed by atoms with Crippen molar-refractivity contribution in [3.63, 3.8) is 0 Å². The average molecular weight is 373 g/mol. The van der Waals surface area contributed by atoms with Gasteiger partial charge in [0.1, 0.15) is 0 Å². The van der Waals surface area contributed by atoms with Crippen molar-refractivity contribution >= 4 is 22.5 Å². The predicted octanol–water partition coefficient (Wildman–Crippen LogP) is 3.83. The van der Waals surface area contributed by atoms with E-state index in [-0.39, 0.29) is 5.91 Å². The smallest absolute Gasteiger partial charge is 0.222 e. The minimum absolute atomic E-state index is 0.106. The van der Waals surface area contributed by atoms with Crippen molar-refractivity contribution in [3.05, 3.63) is 70.8 Å². The Kier molecular flexibility index (Phi) is 4.77. The molecule has 6 heteroatoms. The van der Waals surface area contributed by atoms with Crippen LogP contribution in [0, 0.1) is 13.8 Å². The number of nitrogens with zero attached hydrogens (tertiary/aromatic N) is 5. The Balaban J connectivity index is 1.78. The lowest BCUT2D eigenvalue weighted by Crippen LogP contribution is -2.29. The second-order valence-corrected chi connectivity index (χ2v) is 7.17. The van der Waals surface area contributed by atoms with Crippen LogP contribution in [0.4, 0.5) is 0 Å². The fourth-order valence-electron chi connectivity index (χ4n) is 3.51. The molecule has 2 heterocycles. The van der Waals surface area contributed by atoms with Crippen LogP contribution in [0.2, 0.25) is 0 Å². The molecule has 0 saturated carbocycles. The number of hydrogen-bond donors (Lipinski definition) is 0. The number of benzene rings is 2. The second-order valence-electron chi connectivity index (χ2n) is 7.17. The molecule has 0 aliphatic carbocycles. The maximum atomic E-state index is 12.6. The summed E-state index contributed by atoms with van der Waals surface area (Å²) in [6.45, 7) is 7.10. The molecule has 0 aliphatic rings. The zero-order valence-electron chi connectivity index (χ0n) is 16.4. The van der Waals surface area contributed by atoms with Gasteiger partial charge in [0, 0.05) is 30.5 Å². The second kappa shape index (κ2) is 7.38. The zero-order chi connectivity index (χ0) is 19.7. The highest BCUT2D eigenvalue weighted by atomic mass is 16.2. The number of pyridine rings is 1. The van der Waals surface area contributed by atoms with E-state index in [0.29, 0.717) is 25.2 Å². The van der Waals surface area contributed by atoms with Crippen LogP contribution < -0.4 is 0 Å². The van der Waals surface area contributed by atoms with Crippen molar-refractivity contribution in [2.24, 2.45) is 0 Å². The van der Waals surface area contributed by atoms with E-state index >= 15 is 0 Å². The van der Waals surface area contributed by atoms with Crippen molar-refractivity contribution in [2.75, 3.05) is 0 Å². The molecule has 0 atom stereocenters. The van der Waals surface area contributed by atoms with Crippen LogP contribution in [-0.4, -0.2) is 30.8 Å². The zero-order valence-corrected chi connectivity index (χ0v) is 16.4. The van der Waals surface area contributed by atoms with E-state index in [0.717, 1.165) is 22.0 Å². The molecule has 1 amide bonds. The normalized spacial score (nSPS) is 11.2. The topological polar surface area (TPSA) is 63.4 Å². The standard InChI is InChI=1S/C22H23N5O/c1-4-21(28)26(13-17-8-6-5-7-9-17)14-19-12-18-10-15(2)16(3)11-20(18)27-22(19)23-24-25-27/h5-12H,4,13-14H2,1-3H3. The van der Waals surface area contributed by atoms with Gasteiger partial charge in [0.05, 0.1) is 5.52 Å². The molecule has 0 radical (unpaired) electrons. The molecule has 4 aromatic rings. The lowest BCUT2D eigenvalue weighted by atomic mass is 10.0. The molecule has 0 fully saturated rings. The van der Waals surface area contributed by atoms with E-state index in [9.17, 15) is 4.79 Å². The molecule has 2 aromatic carbocycles. The quantitative estimate of drug-likeness (QED) is 0.533. The Labute approximate surface area is 163 Å². The van der Waals surface area contributed by atoms with E-state index in [2.05, 4.69) is 47.6 Å². The average Bonchev–Trinajstić information content (AvgIpc) is 3.19. The number of fused-ring (bicyclic) bond motifs is 3. The summed E-state index contributed by atoms with van der Waals surface area (Å²) in [7, 11) is 0. The number of aryl methyl sites for hydroxylation is 2. The lowest BCUT2D eigenvalue weighted by molar-refractivity contribution is -0.132. The van der Waals surface area contributed by atoms with Gasteiger partial charge < -0.3 is 4.90 Å². The van der Waals surface area contributed by atoms with Crippen LogP contribution in [0.25, 0.3) is 16.6 Å². The summed E-state index contributed by atoms with van der Waals surface area (Å²) in [5, 5.41) is 13.4. The van der Waals surface area contributed by atoms with E-state index < -0.39 is 0 Å². The summed E-state index contributed by atoms with van der Waals surface area (Å²) in [6, 6.07) is 16.4. The molecule has 4 rings (SSSR count). The third-order valence-corrected chi connectivity index (χ3v) is 5.19. The van der Waals surface area contributed by atoms with Gasteiger partial charge in [0.15, 0.2) is 5.65 Å². The molecule has 6 nitrogen and oxygen atoms in total. The Morgan fingerprint density at radius 3 is 2.54 bits per heavy atom. The third-order valence-electron chi connectivity index (χ3n) is 5.19. The lowest BCUT2D eigenvalue weighted by Gasteiger charge is -2.23. The van der Waals surface area contributed by atoms with Crippen molar-refractivity contribution in [2.45, 2.75) is 40.3 Å². The van der Waals surface area contributed by atoms with Gasteiger partial charge in [-0.2, -0.15) is 4.52 Å². The minimum Gasteiger partial charge on any atom is -0.334 e. The molecule has 28 heavy (non-hydrogen) atoms. The van der Waals surface area contributed by atoms with Crippen LogP contribution in [0.15, 0.2) is 48.5 Å². The Morgan fingerprint density at radius 1 is 1.04 bits per heavy atom. The van der Waals surface area contributed by atoms with Crippen LogP contribution in [0.5, 0.6) is 0 Å². The van der Waals surface area contributed by atoms with Gasteiger partial charge in [-0.25, -0.2) is 0 Å². The summed E-state index contributed by atoms with van der Waals surface area (Å²) >= 11 is 0. The number of amides is 1. The molecule has 0 aliphatic heterocycles. The van der Waals surface area contributed by atoms with E-state index in [1.807, 2.05) is 42.2 Å². The van der Waals surface area contributed by atoms with E-state index in [1.54, 1.807) is 4.52 Å². The van der Waals surface area contributed by atoms with Gasteiger partial charge in [-0.05, 0) is 59.2 Å². The van der Waals surface area contributed by atoms with Gasteiger partial charge in [0.2, 0.25) is 5.91 Å². The third kappa shape index (κ3) is 3.33. The highest BCUT2D eigenvalue weighted by Crippen LogP contribution is 2.24. The summed E-state index contributed by atoms with van der Waals surface area (Å²) in [6.07, 6.45) is 0.458. The first-order valence-corrected chi connectivity index (χ1v) is 9.49. The minimum atomic E-state index is 0.106. The molecular weight excluding hydrogens is 350 g/mol. The van der Waals surface area contributed by atoms with E-state index in [1.165, 1.54) is 11.1 Å². The fraction of sp³-hybridized carbons (Fsp3) is 0.273. The Morgan fingerprint density at radius 2 is 1.79 bits per heavy atom. The van der Waals surface area contributed by atoms with Crippen molar-refractivity contribution in [1.82, 2.24) is 24.9 Å². The number of rotatable bonds is 5. The largest absolute Gasteiger partial charge is 0.334 e. The molecular formula is C22H23N5O. The number of carbonyl (C=O) groups excluding carboxylic acids is 1. The highest BCUT2D eigenvalue weighted by molar-refractivity contribution is 5.85. The van der Waals surface area contributed by atoms with Gasteiger partial charge in [-0.15, -0.1) is 5.10 Å². The summed E-state index contributed by atoms with van der Waals surface area (Å²) in [5.74, 6) is 0.106. The highest BCUT2D eigenvalue weighted by Gasteiger charge is 2.17. The molecule has 0 bridgehead atoms. The van der Waals surface area contributed by atoms with Crippen molar-refractivity contribution in [3.8, 4) is 0 Å². The van der Waals surface area contributed by atoms with E-state index in [4.69, 9.17) is 0 Å². The van der Waals surface area contributed by atoms with Crippen LogP contribution in [0.3, 0.4) is 0 Å². The molecule has 0 spiro atoms. The summed E-state index contributed by atoms with van der Waals surface area (Å²) in [5.41, 5.74) is 6.13. The molecule has 142 valence electrons. The fourth-order valence-corrected chi connectivity index (χ4v) is 3.51. The Hall–Kier alpha value is -3.28. The maximum Gasteiger partial charge on any atom is 0.222 e. The SMILES string of the molecule is CCC(=O)N(Cc1ccccc1)Cc1cc2cc(C)c(C)cc2n2nnnc12. The van der Waals surface area contributed by atoms with Gasteiger partial charge >= 0.3 is 0 Å². The van der Waals surface area contributed by atoms with Crippen LogP contribution >= 0.6 is 0 Å². The molecule has 0 unspecified atom stereocenters. The molecule has 0 N–H and O–H groups in total. The maximum absolute atomic E-state index is 12.6. The van der Waals surface area contributed by atoms with Gasteiger partial charge in [-0.3, -0.25) is 4.79 Å². The van der Waals surface area contributed by atoms with Crippen molar-refractivity contribution in [1.29, 1.82) is 0 Å². The molecule has 0 saturated heterocycles. The first kappa shape index (κ1) is 18.1. The number of tetrazole rings is 1. The predicted molar refractivity (Wildman–Crippen MR) is 109 cm³/mol. The number of aromatic nitrogens is 4. The monoisotopic (exact) mass is 373 g/mol. The first-order chi connectivity index (χ1) is 13.6. The van der Waals surface area contributed by atoms with Gasteiger partial charge in [-0.1, -0.05) is 37.3 Å². The van der Waals surface area contributed by atoms with Gasteiger partial charge in [0.25, 0.3) is 0 Å². The summed E-state index contributed by atoms with van der Waals surface area (Å²) in [4.78, 5) is 14.5. The molecule has 2 aromatic heterocycles. The van der Waals surface area contributed by atoms with Crippen LogP contribution in [0.1, 0.15) is 35.6 Å². The van der Waals surface area contributed by atoms with Crippen LogP contribution in [-0.2, 0) is 17.9 Å². The van der Waals surface area contributed by atoms with Crippen molar-refractivity contribution < 1.29 is 4.79 Å². The number of carbonyl (C=O) groups is 1. The summed E-state index contributed by atoms with van der Waals surface area (Å²) < 4.78 is 1.77. The number of hydrogen-bond acceptors (Lipinski definition) is 4. The first-order valence-electron chi connectivity index (χ1n) is 9.49. The Bertz CT molecular complexity index is 1150.